The number of carbonyl (C=O) groups is 1. The molecule has 0 spiro atoms. The number of furan rings is 1. The van der Waals surface area contributed by atoms with Gasteiger partial charge in [0.25, 0.3) is 15.9 Å². The molecule has 0 unspecified atom stereocenters. The van der Waals surface area contributed by atoms with Crippen LogP contribution in [-0.4, -0.2) is 37.8 Å². The van der Waals surface area contributed by atoms with Gasteiger partial charge >= 0.3 is 0 Å². The molecule has 23 heavy (non-hydrogen) atoms. The molecule has 0 bridgehead atoms. The van der Waals surface area contributed by atoms with E-state index in [-0.39, 0.29) is 22.8 Å². The molecule has 1 saturated carbocycles. The molecule has 2 atom stereocenters. The van der Waals surface area contributed by atoms with Gasteiger partial charge in [0, 0.05) is 19.1 Å². The second kappa shape index (κ2) is 6.65. The number of amides is 1. The zero-order chi connectivity index (χ0) is 16.4. The van der Waals surface area contributed by atoms with Gasteiger partial charge in [-0.25, -0.2) is 8.42 Å². The Morgan fingerprint density at radius 3 is 2.57 bits per heavy atom. The Morgan fingerprint density at radius 1 is 1.17 bits per heavy atom. The summed E-state index contributed by atoms with van der Waals surface area (Å²) in [5, 5.41) is 2.84. The van der Waals surface area contributed by atoms with Crippen molar-refractivity contribution in [2.24, 2.45) is 5.92 Å². The number of nitrogens with zero attached hydrogens (tertiary/aromatic N) is 1. The minimum Gasteiger partial charge on any atom is -0.438 e. The summed E-state index contributed by atoms with van der Waals surface area (Å²) in [7, 11) is -3.61. The number of hydrogen-bond acceptors (Lipinski definition) is 4. The molecule has 6 nitrogen and oxygen atoms in total. The van der Waals surface area contributed by atoms with E-state index in [1.54, 1.807) is 0 Å². The molecule has 7 heteroatoms. The average molecular weight is 340 g/mol. The molecule has 1 aliphatic carbocycles. The van der Waals surface area contributed by atoms with Crippen LogP contribution in [0.2, 0.25) is 0 Å². The van der Waals surface area contributed by atoms with E-state index < -0.39 is 10.0 Å². The van der Waals surface area contributed by atoms with Gasteiger partial charge in [-0.15, -0.1) is 0 Å². The lowest BCUT2D eigenvalue weighted by molar-refractivity contribution is 0.0876. The van der Waals surface area contributed by atoms with Crippen LogP contribution in [0.25, 0.3) is 0 Å². The van der Waals surface area contributed by atoms with Crippen molar-refractivity contribution < 1.29 is 17.6 Å². The highest BCUT2D eigenvalue weighted by atomic mass is 32.2. The van der Waals surface area contributed by atoms with E-state index in [4.69, 9.17) is 4.42 Å². The van der Waals surface area contributed by atoms with Crippen LogP contribution in [0.1, 0.15) is 56.0 Å². The van der Waals surface area contributed by atoms with Gasteiger partial charge in [-0.05, 0) is 43.7 Å². The zero-order valence-electron chi connectivity index (χ0n) is 13.5. The summed E-state index contributed by atoms with van der Waals surface area (Å²) in [6.07, 6.45) is 6.12. The Morgan fingerprint density at radius 2 is 1.87 bits per heavy atom. The molecular weight excluding hydrogens is 316 g/mol. The Bertz CT molecular complexity index is 661. The number of carbonyl (C=O) groups excluding carboxylic acids is 1. The maximum atomic E-state index is 12.4. The number of hydrogen-bond donors (Lipinski definition) is 1. The van der Waals surface area contributed by atoms with Gasteiger partial charge in [-0.2, -0.15) is 4.31 Å². The first-order chi connectivity index (χ1) is 11.0. The fourth-order valence-electron chi connectivity index (χ4n) is 3.41. The fourth-order valence-corrected chi connectivity index (χ4v) is 4.84. The molecule has 1 aromatic rings. The van der Waals surface area contributed by atoms with Crippen LogP contribution in [0.5, 0.6) is 0 Å². The topological polar surface area (TPSA) is 79.6 Å². The van der Waals surface area contributed by atoms with E-state index in [2.05, 4.69) is 12.2 Å². The van der Waals surface area contributed by atoms with Gasteiger partial charge in [0.1, 0.15) is 0 Å². The summed E-state index contributed by atoms with van der Waals surface area (Å²) in [4.78, 5) is 12.3. The molecule has 2 aliphatic rings. The molecule has 1 N–H and O–H groups in total. The van der Waals surface area contributed by atoms with Crippen LogP contribution >= 0.6 is 0 Å². The third-order valence-corrected chi connectivity index (χ3v) is 6.67. The quantitative estimate of drug-likeness (QED) is 0.912. The van der Waals surface area contributed by atoms with E-state index in [9.17, 15) is 13.2 Å². The van der Waals surface area contributed by atoms with Crippen LogP contribution in [0.4, 0.5) is 0 Å². The summed E-state index contributed by atoms with van der Waals surface area (Å²) in [6, 6.07) is 2.97. The van der Waals surface area contributed by atoms with Crippen LogP contribution < -0.4 is 5.32 Å². The largest absolute Gasteiger partial charge is 0.438 e. The highest BCUT2D eigenvalue weighted by Crippen LogP contribution is 2.25. The first-order valence-corrected chi connectivity index (χ1v) is 9.83. The highest BCUT2D eigenvalue weighted by Gasteiger charge is 2.31. The number of sulfonamides is 1. The normalized spacial score (nSPS) is 26.3. The van der Waals surface area contributed by atoms with Gasteiger partial charge < -0.3 is 9.73 Å². The van der Waals surface area contributed by atoms with Crippen molar-refractivity contribution in [3.8, 4) is 0 Å². The Balaban J connectivity index is 1.70. The first-order valence-electron chi connectivity index (χ1n) is 8.39. The molecule has 1 aromatic heterocycles. The second-order valence-corrected chi connectivity index (χ2v) is 8.44. The molecule has 128 valence electrons. The van der Waals surface area contributed by atoms with E-state index in [1.807, 2.05) is 0 Å². The lowest BCUT2D eigenvalue weighted by Crippen LogP contribution is -2.40. The van der Waals surface area contributed by atoms with Crippen molar-refractivity contribution in [2.75, 3.05) is 13.1 Å². The molecule has 2 heterocycles. The maximum absolute atomic E-state index is 12.4. The molecule has 3 rings (SSSR count). The van der Waals surface area contributed by atoms with Crippen LogP contribution in [0.15, 0.2) is 21.6 Å². The smallest absolute Gasteiger partial charge is 0.287 e. The first kappa shape index (κ1) is 16.5. The van der Waals surface area contributed by atoms with E-state index in [0.29, 0.717) is 19.0 Å². The Kier molecular flexibility index (Phi) is 4.77. The van der Waals surface area contributed by atoms with Gasteiger partial charge in [0.05, 0.1) is 0 Å². The van der Waals surface area contributed by atoms with Crippen LogP contribution in [-0.2, 0) is 10.0 Å². The fraction of sp³-hybridized carbons (Fsp3) is 0.688. The summed E-state index contributed by atoms with van der Waals surface area (Å²) in [5.41, 5.74) is 0. The molecule has 1 amide bonds. The lowest BCUT2D eigenvalue weighted by Gasteiger charge is -2.29. The summed E-state index contributed by atoms with van der Waals surface area (Å²) in [6.45, 7) is 3.17. The molecule has 0 radical (unpaired) electrons. The molecule has 2 fully saturated rings. The predicted molar refractivity (Wildman–Crippen MR) is 85.6 cm³/mol. The molecular formula is C16H24N2O4S. The van der Waals surface area contributed by atoms with Gasteiger partial charge in [0.15, 0.2) is 5.76 Å². The third-order valence-electron chi connectivity index (χ3n) is 4.89. The minimum absolute atomic E-state index is 0.0699. The van der Waals surface area contributed by atoms with Crippen molar-refractivity contribution in [3.63, 3.8) is 0 Å². The van der Waals surface area contributed by atoms with Gasteiger partial charge in [-0.3, -0.25) is 4.79 Å². The molecule has 1 saturated heterocycles. The van der Waals surface area contributed by atoms with E-state index in [0.717, 1.165) is 32.1 Å². The Hall–Kier alpha value is -1.34. The summed E-state index contributed by atoms with van der Waals surface area (Å²) < 4.78 is 31.6. The Labute approximate surface area is 137 Å². The van der Waals surface area contributed by atoms with Crippen molar-refractivity contribution in [2.45, 2.75) is 56.6 Å². The summed E-state index contributed by atoms with van der Waals surface area (Å²) in [5.74, 6) is 0.183. The standard InChI is InChI=1S/C16H24N2O4S/c1-12-6-2-3-7-13(12)17-16(19)14-8-9-15(22-14)23(20,21)18-10-4-5-11-18/h8-9,12-13H,2-7,10-11H2,1H3,(H,17,19)/t12-,13-/m0/s1. The average Bonchev–Trinajstić information content (AvgIpc) is 3.21. The monoisotopic (exact) mass is 340 g/mol. The third kappa shape index (κ3) is 3.45. The van der Waals surface area contributed by atoms with Crippen molar-refractivity contribution in [1.29, 1.82) is 0 Å². The lowest BCUT2D eigenvalue weighted by atomic mass is 9.86. The van der Waals surface area contributed by atoms with Crippen molar-refractivity contribution >= 4 is 15.9 Å². The van der Waals surface area contributed by atoms with E-state index in [1.165, 1.54) is 22.9 Å². The van der Waals surface area contributed by atoms with Crippen molar-refractivity contribution in [3.05, 3.63) is 17.9 Å². The van der Waals surface area contributed by atoms with Gasteiger partial charge in [-0.1, -0.05) is 19.8 Å². The highest BCUT2D eigenvalue weighted by molar-refractivity contribution is 7.89. The number of nitrogens with one attached hydrogen (secondary N) is 1. The molecule has 1 aliphatic heterocycles. The van der Waals surface area contributed by atoms with E-state index >= 15 is 0 Å². The van der Waals surface area contributed by atoms with Crippen molar-refractivity contribution in [1.82, 2.24) is 9.62 Å². The zero-order valence-corrected chi connectivity index (χ0v) is 14.3. The minimum atomic E-state index is -3.61. The van der Waals surface area contributed by atoms with Gasteiger partial charge in [0.2, 0.25) is 5.09 Å². The maximum Gasteiger partial charge on any atom is 0.287 e. The number of rotatable bonds is 4. The van der Waals surface area contributed by atoms with Crippen LogP contribution in [0.3, 0.4) is 0 Å². The SMILES string of the molecule is C[C@H]1CCCC[C@@H]1NC(=O)c1ccc(S(=O)(=O)N2CCCC2)o1. The molecule has 0 aromatic carbocycles. The predicted octanol–water partition coefficient (Wildman–Crippen LogP) is 2.37. The second-order valence-electron chi connectivity index (χ2n) is 6.57. The van der Waals surface area contributed by atoms with Crippen LogP contribution in [0, 0.1) is 5.92 Å². The summed E-state index contributed by atoms with van der Waals surface area (Å²) >= 11 is 0.